The number of rotatable bonds is 3. The summed E-state index contributed by atoms with van der Waals surface area (Å²) in [6.45, 7) is 5.74. The van der Waals surface area contributed by atoms with Gasteiger partial charge in [-0.25, -0.2) is 0 Å². The third-order valence-electron chi connectivity index (χ3n) is 3.62. The van der Waals surface area contributed by atoms with E-state index in [1.54, 1.807) is 23.1 Å². The molecule has 0 spiro atoms. The van der Waals surface area contributed by atoms with Crippen LogP contribution in [-0.4, -0.2) is 23.9 Å². The van der Waals surface area contributed by atoms with Crippen LogP contribution in [0.5, 0.6) is 0 Å². The van der Waals surface area contributed by atoms with Gasteiger partial charge in [0.25, 0.3) is 0 Å². The van der Waals surface area contributed by atoms with Crippen molar-refractivity contribution in [2.75, 3.05) is 4.90 Å². The van der Waals surface area contributed by atoms with E-state index >= 15 is 0 Å². The quantitative estimate of drug-likeness (QED) is 0.883. The standard InChI is InChI=1S/C15H18BrClN2O2/c1-4-12-15(21)19(13(8(2)3)14(20)18-12)9-5-6-10(16)11(17)7-9/h5-8,12-13H,4H2,1-3H3,(H,18,20). The molecule has 2 rings (SSSR count). The maximum atomic E-state index is 12.7. The van der Waals surface area contributed by atoms with Crippen molar-refractivity contribution in [1.29, 1.82) is 0 Å². The van der Waals surface area contributed by atoms with Crippen LogP contribution in [0.2, 0.25) is 5.02 Å². The smallest absolute Gasteiger partial charge is 0.250 e. The maximum Gasteiger partial charge on any atom is 0.250 e. The molecule has 0 saturated carbocycles. The molecule has 2 unspecified atom stereocenters. The van der Waals surface area contributed by atoms with E-state index in [9.17, 15) is 9.59 Å². The van der Waals surface area contributed by atoms with Crippen LogP contribution >= 0.6 is 27.5 Å². The van der Waals surface area contributed by atoms with Gasteiger partial charge in [-0.2, -0.15) is 0 Å². The molecule has 0 aromatic heterocycles. The van der Waals surface area contributed by atoms with E-state index in [4.69, 9.17) is 11.6 Å². The van der Waals surface area contributed by atoms with Crippen LogP contribution in [0.15, 0.2) is 22.7 Å². The Morgan fingerprint density at radius 3 is 2.57 bits per heavy atom. The van der Waals surface area contributed by atoms with E-state index < -0.39 is 12.1 Å². The maximum absolute atomic E-state index is 12.7. The van der Waals surface area contributed by atoms with Gasteiger partial charge in [-0.1, -0.05) is 32.4 Å². The van der Waals surface area contributed by atoms with E-state index in [0.29, 0.717) is 17.1 Å². The second-order valence-corrected chi connectivity index (χ2v) is 6.73. The molecule has 114 valence electrons. The van der Waals surface area contributed by atoms with Gasteiger partial charge in [0.15, 0.2) is 0 Å². The normalized spacial score (nSPS) is 22.7. The number of hydrogen-bond acceptors (Lipinski definition) is 2. The molecule has 1 saturated heterocycles. The number of anilines is 1. The first-order valence-electron chi connectivity index (χ1n) is 6.95. The molecule has 1 aromatic carbocycles. The lowest BCUT2D eigenvalue weighted by atomic mass is 9.95. The summed E-state index contributed by atoms with van der Waals surface area (Å²) in [5, 5.41) is 3.32. The lowest BCUT2D eigenvalue weighted by Crippen LogP contribution is -2.65. The molecule has 1 aliphatic rings. The highest BCUT2D eigenvalue weighted by Crippen LogP contribution is 2.31. The number of carbonyl (C=O) groups is 2. The van der Waals surface area contributed by atoms with Gasteiger partial charge in [-0.05, 0) is 46.5 Å². The minimum atomic E-state index is -0.516. The van der Waals surface area contributed by atoms with Crippen molar-refractivity contribution in [1.82, 2.24) is 5.32 Å². The molecule has 0 bridgehead atoms. The predicted octanol–water partition coefficient (Wildman–Crippen LogP) is 3.37. The molecule has 2 atom stereocenters. The largest absolute Gasteiger partial charge is 0.342 e. The third kappa shape index (κ3) is 3.09. The predicted molar refractivity (Wildman–Crippen MR) is 87.5 cm³/mol. The van der Waals surface area contributed by atoms with Crippen LogP contribution < -0.4 is 10.2 Å². The second kappa shape index (κ2) is 6.36. The van der Waals surface area contributed by atoms with Gasteiger partial charge in [-0.3, -0.25) is 14.5 Å². The van der Waals surface area contributed by atoms with Crippen LogP contribution in [-0.2, 0) is 9.59 Å². The summed E-state index contributed by atoms with van der Waals surface area (Å²) in [7, 11) is 0. The first-order chi connectivity index (χ1) is 9.86. The lowest BCUT2D eigenvalue weighted by molar-refractivity contribution is -0.134. The van der Waals surface area contributed by atoms with E-state index in [-0.39, 0.29) is 17.7 Å². The number of halogens is 2. The molecule has 2 amide bonds. The number of amides is 2. The van der Waals surface area contributed by atoms with Crippen molar-refractivity contribution < 1.29 is 9.59 Å². The fraction of sp³-hybridized carbons (Fsp3) is 0.467. The van der Waals surface area contributed by atoms with Crippen molar-refractivity contribution >= 4 is 45.0 Å². The zero-order valence-corrected chi connectivity index (χ0v) is 14.5. The van der Waals surface area contributed by atoms with Crippen LogP contribution in [0, 0.1) is 5.92 Å². The van der Waals surface area contributed by atoms with Gasteiger partial charge in [0.05, 0.1) is 5.02 Å². The zero-order chi connectivity index (χ0) is 15.7. The minimum Gasteiger partial charge on any atom is -0.342 e. The van der Waals surface area contributed by atoms with Gasteiger partial charge in [0.1, 0.15) is 12.1 Å². The Kier molecular flexibility index (Phi) is 4.94. The number of nitrogens with zero attached hydrogens (tertiary/aromatic N) is 1. The molecule has 1 N–H and O–H groups in total. The van der Waals surface area contributed by atoms with E-state index in [0.717, 1.165) is 4.47 Å². The van der Waals surface area contributed by atoms with Gasteiger partial charge < -0.3 is 5.32 Å². The first kappa shape index (κ1) is 16.3. The fourth-order valence-electron chi connectivity index (χ4n) is 2.54. The molecular weight excluding hydrogens is 356 g/mol. The zero-order valence-electron chi connectivity index (χ0n) is 12.2. The van der Waals surface area contributed by atoms with Crippen molar-refractivity contribution in [3.05, 3.63) is 27.7 Å². The van der Waals surface area contributed by atoms with Crippen molar-refractivity contribution in [3.8, 4) is 0 Å². The van der Waals surface area contributed by atoms with Gasteiger partial charge in [0.2, 0.25) is 11.8 Å². The molecule has 1 aromatic rings. The molecule has 1 aliphatic heterocycles. The minimum absolute atomic E-state index is 0.00850. The summed E-state index contributed by atoms with van der Waals surface area (Å²) < 4.78 is 0.759. The Morgan fingerprint density at radius 2 is 2.05 bits per heavy atom. The monoisotopic (exact) mass is 372 g/mol. The van der Waals surface area contributed by atoms with E-state index in [1.807, 2.05) is 20.8 Å². The van der Waals surface area contributed by atoms with Crippen molar-refractivity contribution in [2.45, 2.75) is 39.3 Å². The number of carbonyl (C=O) groups excluding carboxylic acids is 2. The van der Waals surface area contributed by atoms with E-state index in [2.05, 4.69) is 21.2 Å². The average Bonchev–Trinajstić information content (AvgIpc) is 2.43. The summed E-state index contributed by atoms with van der Waals surface area (Å²) in [4.78, 5) is 26.6. The molecule has 4 nitrogen and oxygen atoms in total. The Labute approximate surface area is 138 Å². The highest BCUT2D eigenvalue weighted by atomic mass is 79.9. The summed E-state index contributed by atoms with van der Waals surface area (Å²) in [6, 6.07) is 4.31. The lowest BCUT2D eigenvalue weighted by Gasteiger charge is -2.40. The second-order valence-electron chi connectivity index (χ2n) is 5.46. The number of benzene rings is 1. The van der Waals surface area contributed by atoms with E-state index in [1.165, 1.54) is 0 Å². The molecule has 1 heterocycles. The Morgan fingerprint density at radius 1 is 1.38 bits per heavy atom. The molecule has 0 radical (unpaired) electrons. The van der Waals surface area contributed by atoms with Crippen LogP contribution in [0.4, 0.5) is 5.69 Å². The Bertz CT molecular complexity index is 577. The van der Waals surface area contributed by atoms with Crippen molar-refractivity contribution in [3.63, 3.8) is 0 Å². The highest BCUT2D eigenvalue weighted by molar-refractivity contribution is 9.10. The number of hydrogen-bond donors (Lipinski definition) is 1. The Hall–Kier alpha value is -1.07. The van der Waals surface area contributed by atoms with Crippen LogP contribution in [0.1, 0.15) is 27.2 Å². The first-order valence-corrected chi connectivity index (χ1v) is 8.12. The SMILES string of the molecule is CCC1NC(=O)C(C(C)C)N(c2ccc(Br)c(Cl)c2)C1=O. The molecule has 21 heavy (non-hydrogen) atoms. The van der Waals surface area contributed by atoms with Crippen LogP contribution in [0.25, 0.3) is 0 Å². The van der Waals surface area contributed by atoms with Gasteiger partial charge in [0, 0.05) is 10.2 Å². The Balaban J connectivity index is 2.49. The summed E-state index contributed by atoms with van der Waals surface area (Å²) in [5.41, 5.74) is 0.653. The number of piperazine rings is 1. The average molecular weight is 374 g/mol. The topological polar surface area (TPSA) is 49.4 Å². The number of nitrogens with one attached hydrogen (secondary N) is 1. The summed E-state index contributed by atoms with van der Waals surface area (Å²) >= 11 is 9.46. The van der Waals surface area contributed by atoms with Crippen molar-refractivity contribution in [2.24, 2.45) is 5.92 Å². The molecule has 6 heteroatoms. The summed E-state index contributed by atoms with van der Waals surface area (Å²) in [5.74, 6) is -0.196. The van der Waals surface area contributed by atoms with Gasteiger partial charge in [-0.15, -0.1) is 0 Å². The van der Waals surface area contributed by atoms with Crippen LogP contribution in [0.3, 0.4) is 0 Å². The van der Waals surface area contributed by atoms with Gasteiger partial charge >= 0.3 is 0 Å². The summed E-state index contributed by atoms with van der Waals surface area (Å²) in [6.07, 6.45) is 0.566. The molecule has 0 aliphatic carbocycles. The molecule has 1 fully saturated rings. The highest BCUT2D eigenvalue weighted by Gasteiger charge is 2.42. The third-order valence-corrected chi connectivity index (χ3v) is 4.85. The fourth-order valence-corrected chi connectivity index (χ4v) is 2.96. The molecular formula is C15H18BrClN2O2.